The lowest BCUT2D eigenvalue weighted by Crippen LogP contribution is -2.24. The van der Waals surface area contributed by atoms with Crippen molar-refractivity contribution in [2.45, 2.75) is 39.3 Å². The summed E-state index contributed by atoms with van der Waals surface area (Å²) in [6.45, 7) is 6.62. The summed E-state index contributed by atoms with van der Waals surface area (Å²) in [6, 6.07) is 6.02. The summed E-state index contributed by atoms with van der Waals surface area (Å²) in [5.41, 5.74) is 3.68. The molecular weight excluding hydrogens is 342 g/mol. The molecule has 1 saturated heterocycles. The van der Waals surface area contributed by atoms with Crippen LogP contribution in [0.25, 0.3) is 11.2 Å². The van der Waals surface area contributed by atoms with E-state index in [0.29, 0.717) is 6.54 Å². The van der Waals surface area contributed by atoms with Gasteiger partial charge in [0, 0.05) is 13.1 Å². The maximum absolute atomic E-state index is 10.5. The molecule has 0 bridgehead atoms. The number of hydrogen-bond acceptors (Lipinski definition) is 6. The largest absolute Gasteiger partial charge is 0.490 e. The molecule has 27 heavy (non-hydrogen) atoms. The summed E-state index contributed by atoms with van der Waals surface area (Å²) in [6.07, 6.45) is 5.00. The number of para-hydroxylation sites is 1. The first-order valence-corrected chi connectivity index (χ1v) is 9.41. The van der Waals surface area contributed by atoms with Gasteiger partial charge in [0.1, 0.15) is 24.8 Å². The summed E-state index contributed by atoms with van der Waals surface area (Å²) < 4.78 is 7.74. The molecule has 1 N–H and O–H groups in total. The second kappa shape index (κ2) is 7.52. The fraction of sp³-hybridized carbons (Fsp3) is 0.450. The van der Waals surface area contributed by atoms with Crippen LogP contribution in [0.4, 0.5) is 5.82 Å². The number of ether oxygens (including phenoxy) is 1. The molecule has 7 heteroatoms. The van der Waals surface area contributed by atoms with Crippen molar-refractivity contribution < 1.29 is 9.84 Å². The fourth-order valence-corrected chi connectivity index (χ4v) is 3.65. The van der Waals surface area contributed by atoms with Gasteiger partial charge in [0.05, 0.1) is 12.9 Å². The lowest BCUT2D eigenvalue weighted by molar-refractivity contribution is 0.0926. The first kappa shape index (κ1) is 17.7. The van der Waals surface area contributed by atoms with Crippen molar-refractivity contribution >= 4 is 17.0 Å². The Balaban J connectivity index is 1.47. The van der Waals surface area contributed by atoms with Gasteiger partial charge >= 0.3 is 0 Å². The highest BCUT2D eigenvalue weighted by atomic mass is 16.5. The molecule has 1 atom stereocenters. The number of fused-ring (bicyclic) bond motifs is 1. The second-order valence-electron chi connectivity index (χ2n) is 7.15. The number of aromatic nitrogens is 4. The molecule has 0 amide bonds. The van der Waals surface area contributed by atoms with Gasteiger partial charge in [-0.1, -0.05) is 18.2 Å². The number of hydrogen-bond donors (Lipinski definition) is 1. The van der Waals surface area contributed by atoms with Gasteiger partial charge in [-0.25, -0.2) is 15.0 Å². The molecule has 0 aliphatic carbocycles. The highest BCUT2D eigenvalue weighted by Gasteiger charge is 2.20. The van der Waals surface area contributed by atoms with Crippen molar-refractivity contribution in [1.82, 2.24) is 19.5 Å². The number of anilines is 1. The standard InChI is InChI=1S/C20H25N5O2/c1-14-6-5-7-15(2)18(14)27-11-16(26)10-25-13-23-17-19(21-12-22-20(17)25)24-8-3-4-9-24/h5-7,12-13,16,26H,3-4,8-11H2,1-2H3. The quantitative estimate of drug-likeness (QED) is 0.721. The van der Waals surface area contributed by atoms with Gasteiger partial charge in [0.2, 0.25) is 0 Å². The molecule has 1 aliphatic heterocycles. The Morgan fingerprint density at radius 3 is 2.59 bits per heavy atom. The third kappa shape index (κ3) is 3.60. The molecule has 142 valence electrons. The average molecular weight is 367 g/mol. The predicted octanol–water partition coefficient (Wildman–Crippen LogP) is 2.48. The van der Waals surface area contributed by atoms with E-state index in [4.69, 9.17) is 4.74 Å². The number of nitrogens with zero attached hydrogens (tertiary/aromatic N) is 5. The molecule has 1 aliphatic rings. The van der Waals surface area contributed by atoms with Crippen LogP contribution in [-0.2, 0) is 6.54 Å². The fourth-order valence-electron chi connectivity index (χ4n) is 3.65. The number of aliphatic hydroxyl groups excluding tert-OH is 1. The minimum Gasteiger partial charge on any atom is -0.490 e. The maximum atomic E-state index is 10.5. The van der Waals surface area contributed by atoms with E-state index in [2.05, 4.69) is 19.9 Å². The lowest BCUT2D eigenvalue weighted by Gasteiger charge is -2.17. The summed E-state index contributed by atoms with van der Waals surface area (Å²) in [5.74, 6) is 1.73. The van der Waals surface area contributed by atoms with Gasteiger partial charge in [-0.05, 0) is 37.8 Å². The van der Waals surface area contributed by atoms with Gasteiger partial charge in [-0.3, -0.25) is 0 Å². The Hall–Kier alpha value is -2.67. The first-order valence-electron chi connectivity index (χ1n) is 9.41. The first-order chi connectivity index (χ1) is 13.1. The van der Waals surface area contributed by atoms with E-state index in [0.717, 1.165) is 46.9 Å². The predicted molar refractivity (Wildman–Crippen MR) is 104 cm³/mol. The molecule has 1 aromatic carbocycles. The van der Waals surface area contributed by atoms with Gasteiger partial charge < -0.3 is 19.3 Å². The number of benzene rings is 1. The van der Waals surface area contributed by atoms with Gasteiger partial charge in [0.15, 0.2) is 17.0 Å². The molecule has 0 saturated carbocycles. The number of rotatable bonds is 6. The van der Waals surface area contributed by atoms with E-state index >= 15 is 0 Å². The SMILES string of the molecule is Cc1cccc(C)c1OCC(O)Cn1cnc2c(N3CCCC3)ncnc21. The molecule has 7 nitrogen and oxygen atoms in total. The number of aliphatic hydroxyl groups is 1. The van der Waals surface area contributed by atoms with Crippen LogP contribution < -0.4 is 9.64 Å². The second-order valence-corrected chi connectivity index (χ2v) is 7.15. The molecule has 4 rings (SSSR count). The van der Waals surface area contributed by atoms with Crippen molar-refractivity contribution in [3.05, 3.63) is 42.0 Å². The molecule has 2 aromatic heterocycles. The van der Waals surface area contributed by atoms with E-state index < -0.39 is 6.10 Å². The minimum atomic E-state index is -0.661. The van der Waals surface area contributed by atoms with Crippen molar-refractivity contribution in [3.8, 4) is 5.75 Å². The van der Waals surface area contributed by atoms with Crippen molar-refractivity contribution in [3.63, 3.8) is 0 Å². The van der Waals surface area contributed by atoms with Crippen LogP contribution in [0.15, 0.2) is 30.9 Å². The van der Waals surface area contributed by atoms with Crippen LogP contribution in [0.1, 0.15) is 24.0 Å². The number of imidazole rings is 1. The van der Waals surface area contributed by atoms with E-state index in [1.807, 2.05) is 36.6 Å². The molecule has 1 unspecified atom stereocenters. The third-order valence-electron chi connectivity index (χ3n) is 5.02. The Morgan fingerprint density at radius 2 is 1.85 bits per heavy atom. The van der Waals surface area contributed by atoms with Crippen LogP contribution in [0.5, 0.6) is 5.75 Å². The Kier molecular flexibility index (Phi) is 4.94. The smallest absolute Gasteiger partial charge is 0.165 e. The normalized spacial score (nSPS) is 15.4. The van der Waals surface area contributed by atoms with Crippen molar-refractivity contribution in [2.24, 2.45) is 0 Å². The summed E-state index contributed by atoms with van der Waals surface area (Å²) in [7, 11) is 0. The molecule has 0 spiro atoms. The van der Waals surface area contributed by atoms with Crippen LogP contribution >= 0.6 is 0 Å². The van der Waals surface area contributed by atoms with Crippen LogP contribution in [0.3, 0.4) is 0 Å². The lowest BCUT2D eigenvalue weighted by atomic mass is 10.1. The summed E-state index contributed by atoms with van der Waals surface area (Å²) >= 11 is 0. The van der Waals surface area contributed by atoms with E-state index in [-0.39, 0.29) is 6.61 Å². The van der Waals surface area contributed by atoms with E-state index in [1.165, 1.54) is 12.8 Å². The van der Waals surface area contributed by atoms with Gasteiger partial charge in [0.25, 0.3) is 0 Å². The zero-order valence-corrected chi connectivity index (χ0v) is 15.8. The monoisotopic (exact) mass is 367 g/mol. The zero-order valence-electron chi connectivity index (χ0n) is 15.8. The minimum absolute atomic E-state index is 0.218. The van der Waals surface area contributed by atoms with Crippen molar-refractivity contribution in [1.29, 1.82) is 0 Å². The van der Waals surface area contributed by atoms with Gasteiger partial charge in [-0.15, -0.1) is 0 Å². The van der Waals surface area contributed by atoms with Crippen LogP contribution in [-0.4, -0.2) is 50.4 Å². The van der Waals surface area contributed by atoms with E-state index in [1.54, 1.807) is 12.7 Å². The van der Waals surface area contributed by atoms with Gasteiger partial charge in [-0.2, -0.15) is 0 Å². The highest BCUT2D eigenvalue weighted by Crippen LogP contribution is 2.25. The Morgan fingerprint density at radius 1 is 1.11 bits per heavy atom. The van der Waals surface area contributed by atoms with Crippen LogP contribution in [0, 0.1) is 13.8 Å². The summed E-state index contributed by atoms with van der Waals surface area (Å²) in [5, 5.41) is 10.5. The summed E-state index contributed by atoms with van der Waals surface area (Å²) in [4.78, 5) is 15.6. The van der Waals surface area contributed by atoms with Crippen LogP contribution in [0.2, 0.25) is 0 Å². The topological polar surface area (TPSA) is 76.3 Å². The average Bonchev–Trinajstić information content (AvgIpc) is 3.31. The molecule has 1 fully saturated rings. The Bertz CT molecular complexity index is 913. The Labute approximate surface area is 158 Å². The third-order valence-corrected chi connectivity index (χ3v) is 5.02. The molecule has 3 aromatic rings. The molecule has 3 heterocycles. The maximum Gasteiger partial charge on any atom is 0.165 e. The highest BCUT2D eigenvalue weighted by molar-refractivity contribution is 5.83. The zero-order chi connectivity index (χ0) is 18.8. The van der Waals surface area contributed by atoms with Crippen molar-refractivity contribution in [2.75, 3.05) is 24.6 Å². The molecular formula is C20H25N5O2. The van der Waals surface area contributed by atoms with E-state index in [9.17, 15) is 5.11 Å². The molecule has 0 radical (unpaired) electrons. The number of aryl methyl sites for hydroxylation is 2.